The maximum absolute atomic E-state index is 11.4. The van der Waals surface area contributed by atoms with Crippen molar-refractivity contribution >= 4 is 5.91 Å². The monoisotopic (exact) mass is 316 g/mol. The number of nitrogens with zero attached hydrogens (tertiary/aromatic N) is 2. The van der Waals surface area contributed by atoms with E-state index in [-0.39, 0.29) is 5.91 Å². The molecule has 124 valence electrons. The quantitative estimate of drug-likeness (QED) is 0.815. The second-order valence-corrected chi connectivity index (χ2v) is 6.38. The molecular weight excluding hydrogens is 292 g/mol. The second kappa shape index (κ2) is 7.00. The number of nitrogens with two attached hydrogens (primary N) is 1. The largest absolute Gasteiger partial charge is 0.469 e. The summed E-state index contributed by atoms with van der Waals surface area (Å²) in [6.45, 7) is 4.00. The van der Waals surface area contributed by atoms with E-state index in [4.69, 9.17) is 10.2 Å². The summed E-state index contributed by atoms with van der Waals surface area (Å²) < 4.78 is 7.28. The molecule has 6 heteroatoms. The van der Waals surface area contributed by atoms with Gasteiger partial charge in [0.15, 0.2) is 0 Å². The Kier molecular flexibility index (Phi) is 4.81. The first-order valence-electron chi connectivity index (χ1n) is 8.23. The molecule has 23 heavy (non-hydrogen) atoms. The van der Waals surface area contributed by atoms with Gasteiger partial charge in [-0.1, -0.05) is 0 Å². The highest BCUT2D eigenvalue weighted by molar-refractivity contribution is 5.93. The van der Waals surface area contributed by atoms with Crippen molar-refractivity contribution in [1.29, 1.82) is 0 Å². The zero-order valence-corrected chi connectivity index (χ0v) is 13.5. The van der Waals surface area contributed by atoms with Crippen molar-refractivity contribution in [3.8, 4) is 0 Å². The molecule has 3 N–H and O–H groups in total. The molecular formula is C17H24N4O2. The Hall–Kier alpha value is -2.08. The van der Waals surface area contributed by atoms with Gasteiger partial charge in [-0.2, -0.15) is 5.10 Å². The summed E-state index contributed by atoms with van der Waals surface area (Å²) in [5, 5.41) is 7.85. The van der Waals surface area contributed by atoms with Gasteiger partial charge < -0.3 is 15.5 Å². The third-order valence-electron chi connectivity index (χ3n) is 4.60. The molecule has 2 atom stereocenters. The van der Waals surface area contributed by atoms with Crippen LogP contribution in [0.15, 0.2) is 29.0 Å². The van der Waals surface area contributed by atoms with Crippen LogP contribution in [-0.2, 0) is 19.4 Å². The van der Waals surface area contributed by atoms with Crippen LogP contribution >= 0.6 is 0 Å². The fraction of sp³-hybridized carbons (Fsp3) is 0.529. The molecule has 2 unspecified atom stereocenters. The third kappa shape index (κ3) is 3.82. The van der Waals surface area contributed by atoms with Gasteiger partial charge in [-0.25, -0.2) is 0 Å². The number of primary amides is 1. The lowest BCUT2D eigenvalue weighted by Crippen LogP contribution is -2.35. The first-order chi connectivity index (χ1) is 11.1. The fourth-order valence-corrected chi connectivity index (χ4v) is 3.16. The molecule has 0 aromatic carbocycles. The number of aromatic nitrogens is 2. The van der Waals surface area contributed by atoms with Gasteiger partial charge in [0.1, 0.15) is 5.76 Å². The van der Waals surface area contributed by atoms with Crippen LogP contribution < -0.4 is 11.1 Å². The van der Waals surface area contributed by atoms with Gasteiger partial charge in [-0.3, -0.25) is 9.48 Å². The zero-order valence-electron chi connectivity index (χ0n) is 13.5. The minimum Gasteiger partial charge on any atom is -0.469 e. The first-order valence-corrected chi connectivity index (χ1v) is 8.23. The van der Waals surface area contributed by atoms with Gasteiger partial charge in [0.25, 0.3) is 5.91 Å². The van der Waals surface area contributed by atoms with Crippen LogP contribution in [0, 0.1) is 5.92 Å². The maximum atomic E-state index is 11.4. The van der Waals surface area contributed by atoms with Crippen molar-refractivity contribution in [3.63, 3.8) is 0 Å². The van der Waals surface area contributed by atoms with Crippen molar-refractivity contribution in [2.24, 2.45) is 11.7 Å². The molecule has 0 spiro atoms. The van der Waals surface area contributed by atoms with Crippen LogP contribution in [0.3, 0.4) is 0 Å². The molecule has 2 aromatic rings. The number of fused-ring (bicyclic) bond motifs is 1. The summed E-state index contributed by atoms with van der Waals surface area (Å²) in [5.74, 6) is 1.17. The molecule has 0 saturated heterocycles. The van der Waals surface area contributed by atoms with Gasteiger partial charge >= 0.3 is 0 Å². The number of nitrogens with one attached hydrogen (secondary N) is 1. The minimum absolute atomic E-state index is 0.383. The van der Waals surface area contributed by atoms with E-state index in [1.165, 1.54) is 0 Å². The molecule has 6 nitrogen and oxygen atoms in total. The van der Waals surface area contributed by atoms with E-state index < -0.39 is 0 Å². The molecule has 0 saturated carbocycles. The van der Waals surface area contributed by atoms with E-state index in [2.05, 4.69) is 17.3 Å². The Morgan fingerprint density at radius 3 is 3.22 bits per heavy atom. The number of hydrogen-bond acceptors (Lipinski definition) is 4. The summed E-state index contributed by atoms with van der Waals surface area (Å²) >= 11 is 0. The van der Waals surface area contributed by atoms with Gasteiger partial charge in [0, 0.05) is 19.0 Å². The molecule has 0 fully saturated rings. The van der Waals surface area contributed by atoms with Crippen molar-refractivity contribution < 1.29 is 9.21 Å². The lowest BCUT2D eigenvalue weighted by atomic mass is 9.94. The van der Waals surface area contributed by atoms with E-state index in [1.807, 2.05) is 16.8 Å². The molecule has 0 radical (unpaired) electrons. The Labute approximate surface area is 136 Å². The molecule has 0 aliphatic carbocycles. The van der Waals surface area contributed by atoms with Crippen LogP contribution in [0.2, 0.25) is 0 Å². The SMILES string of the molecule is CC(CCc1ccco1)NCC1CCn2ncc(C(N)=O)c2C1. The number of rotatable bonds is 7. The standard InChI is InChI=1S/C17H24N4O2/c1-12(4-5-14-3-2-8-23-14)19-10-13-6-7-21-16(9-13)15(11-20-21)17(18)22/h2-3,8,11-13,19H,4-7,9-10H2,1H3,(H2,18,22). The van der Waals surface area contributed by atoms with Gasteiger partial charge in [-0.15, -0.1) is 0 Å². The fourth-order valence-electron chi connectivity index (χ4n) is 3.16. The van der Waals surface area contributed by atoms with E-state index in [0.29, 0.717) is 17.5 Å². The molecule has 0 bridgehead atoms. The Bertz CT molecular complexity index is 648. The van der Waals surface area contributed by atoms with Crippen LogP contribution in [0.1, 0.15) is 41.6 Å². The van der Waals surface area contributed by atoms with Gasteiger partial charge in [0.2, 0.25) is 0 Å². The lowest BCUT2D eigenvalue weighted by Gasteiger charge is -2.25. The highest BCUT2D eigenvalue weighted by atomic mass is 16.3. The number of hydrogen-bond donors (Lipinski definition) is 2. The number of amides is 1. The van der Waals surface area contributed by atoms with Crippen LogP contribution in [0.4, 0.5) is 0 Å². The number of carbonyl (C=O) groups is 1. The first kappa shape index (κ1) is 15.8. The minimum atomic E-state index is -0.383. The number of aryl methyl sites for hydroxylation is 2. The van der Waals surface area contributed by atoms with E-state index in [0.717, 1.165) is 50.2 Å². The van der Waals surface area contributed by atoms with Gasteiger partial charge in [-0.05, 0) is 50.8 Å². The highest BCUT2D eigenvalue weighted by Gasteiger charge is 2.24. The summed E-state index contributed by atoms with van der Waals surface area (Å²) in [6.07, 6.45) is 7.24. The average molecular weight is 316 g/mol. The smallest absolute Gasteiger partial charge is 0.252 e. The molecule has 2 aromatic heterocycles. The van der Waals surface area contributed by atoms with E-state index in [1.54, 1.807) is 12.5 Å². The molecule has 1 aliphatic rings. The normalized spacial score (nSPS) is 18.6. The van der Waals surface area contributed by atoms with Crippen LogP contribution in [0.25, 0.3) is 0 Å². The molecule has 3 rings (SSSR count). The third-order valence-corrected chi connectivity index (χ3v) is 4.60. The highest BCUT2D eigenvalue weighted by Crippen LogP contribution is 2.22. The van der Waals surface area contributed by atoms with Crippen molar-refractivity contribution in [2.45, 2.75) is 45.2 Å². The van der Waals surface area contributed by atoms with Crippen molar-refractivity contribution in [1.82, 2.24) is 15.1 Å². The van der Waals surface area contributed by atoms with Crippen molar-refractivity contribution in [2.75, 3.05) is 6.54 Å². The summed E-state index contributed by atoms with van der Waals surface area (Å²) in [4.78, 5) is 11.4. The topological polar surface area (TPSA) is 86.1 Å². The predicted octanol–water partition coefficient (Wildman–Crippen LogP) is 1.75. The second-order valence-electron chi connectivity index (χ2n) is 6.38. The van der Waals surface area contributed by atoms with Gasteiger partial charge in [0.05, 0.1) is 23.7 Å². The van der Waals surface area contributed by atoms with E-state index >= 15 is 0 Å². The lowest BCUT2D eigenvalue weighted by molar-refractivity contribution is 0.0998. The van der Waals surface area contributed by atoms with Crippen molar-refractivity contribution in [3.05, 3.63) is 41.6 Å². The number of carbonyl (C=O) groups excluding carboxylic acids is 1. The molecule has 1 aliphatic heterocycles. The van der Waals surface area contributed by atoms with E-state index in [9.17, 15) is 4.79 Å². The average Bonchev–Trinajstić information content (AvgIpc) is 3.19. The number of furan rings is 1. The summed E-state index contributed by atoms with van der Waals surface area (Å²) in [6, 6.07) is 4.37. The van der Waals surface area contributed by atoms with Crippen LogP contribution in [0.5, 0.6) is 0 Å². The molecule has 3 heterocycles. The summed E-state index contributed by atoms with van der Waals surface area (Å²) in [7, 11) is 0. The summed E-state index contributed by atoms with van der Waals surface area (Å²) in [5.41, 5.74) is 6.97. The Morgan fingerprint density at radius 1 is 1.61 bits per heavy atom. The van der Waals surface area contributed by atoms with Crippen LogP contribution in [-0.4, -0.2) is 28.3 Å². The Morgan fingerprint density at radius 2 is 2.48 bits per heavy atom. The maximum Gasteiger partial charge on any atom is 0.252 e. The zero-order chi connectivity index (χ0) is 16.2. The Balaban J connectivity index is 1.47. The predicted molar refractivity (Wildman–Crippen MR) is 87.0 cm³/mol. The molecule has 1 amide bonds.